The van der Waals surface area contributed by atoms with Crippen LogP contribution < -0.4 is 10.6 Å². The Balaban J connectivity index is 0.888. The number of hydrogen-bond donors (Lipinski definition) is 2. The molecule has 9 nitrogen and oxygen atoms in total. The molecule has 3 saturated heterocycles. The van der Waals surface area contributed by atoms with Crippen molar-refractivity contribution in [1.29, 1.82) is 0 Å². The summed E-state index contributed by atoms with van der Waals surface area (Å²) in [6.45, 7) is 3.07. The maximum atomic E-state index is 13.8. The van der Waals surface area contributed by atoms with Gasteiger partial charge in [-0.25, -0.2) is 13.6 Å². The molecule has 5 aliphatic rings. The van der Waals surface area contributed by atoms with Crippen LogP contribution in [0, 0.1) is 5.41 Å². The Hall–Kier alpha value is -3.24. The maximum Gasteiger partial charge on any atom is 0.320 e. The van der Waals surface area contributed by atoms with Gasteiger partial charge in [0.1, 0.15) is 17.7 Å². The van der Waals surface area contributed by atoms with Crippen molar-refractivity contribution < 1.29 is 18.4 Å². The number of nitrogens with zero attached hydrogens (tertiary/aromatic N) is 5. The average Bonchev–Trinajstić information content (AvgIpc) is 3.54. The number of rotatable bonds is 5. The molecule has 4 heterocycles. The number of halogens is 2. The average molecular weight is 526 g/mol. The summed E-state index contributed by atoms with van der Waals surface area (Å²) in [4.78, 5) is 33.7. The number of anilines is 1. The zero-order valence-electron chi connectivity index (χ0n) is 21.3. The first-order valence-corrected chi connectivity index (χ1v) is 13.7. The Morgan fingerprint density at radius 1 is 0.921 bits per heavy atom. The molecule has 2 saturated carbocycles. The fraction of sp³-hybridized carbons (Fsp3) is 0.630. The Bertz CT molecular complexity index is 1240. The van der Waals surface area contributed by atoms with Crippen molar-refractivity contribution in [3.05, 3.63) is 41.5 Å². The molecule has 3 aliphatic heterocycles. The highest BCUT2D eigenvalue weighted by atomic mass is 19.3. The minimum atomic E-state index is -2.87. The molecule has 1 spiro atoms. The van der Waals surface area contributed by atoms with E-state index in [-0.39, 0.29) is 30.3 Å². The minimum Gasteiger partial charge on any atom is -0.368 e. The lowest BCUT2D eigenvalue weighted by Gasteiger charge is -2.59. The largest absolute Gasteiger partial charge is 0.368 e. The lowest BCUT2D eigenvalue weighted by Crippen LogP contribution is -2.67. The van der Waals surface area contributed by atoms with E-state index in [4.69, 9.17) is 5.73 Å². The zero-order valence-corrected chi connectivity index (χ0v) is 21.3. The van der Waals surface area contributed by atoms with Crippen molar-refractivity contribution in [3.63, 3.8) is 0 Å². The van der Waals surface area contributed by atoms with E-state index >= 15 is 0 Å². The number of hydrogen-bond acceptors (Lipinski definition) is 5. The summed E-state index contributed by atoms with van der Waals surface area (Å²) in [5.74, 6) is -0.274. The molecule has 2 aliphatic carbocycles. The number of nitrogens with two attached hydrogens (primary N) is 1. The number of carbonyl (C=O) groups is 2. The second kappa shape index (κ2) is 8.38. The molecule has 7 rings (SSSR count). The van der Waals surface area contributed by atoms with Crippen LogP contribution in [0.1, 0.15) is 73.5 Å². The number of nitrogens with one attached hydrogen (secondary N) is 1. The van der Waals surface area contributed by atoms with Gasteiger partial charge in [0.05, 0.1) is 0 Å². The first-order valence-electron chi connectivity index (χ1n) is 13.7. The van der Waals surface area contributed by atoms with Crippen molar-refractivity contribution >= 4 is 17.6 Å². The van der Waals surface area contributed by atoms with E-state index in [2.05, 4.69) is 15.2 Å². The number of primary amides is 1. The van der Waals surface area contributed by atoms with Crippen LogP contribution in [0.25, 0.3) is 0 Å². The molecule has 5 fully saturated rings. The van der Waals surface area contributed by atoms with E-state index in [0.717, 1.165) is 48.8 Å². The summed E-state index contributed by atoms with van der Waals surface area (Å²) in [5, 5.41) is 8.68. The number of aromatic amines is 1. The number of urea groups is 1. The molecule has 2 aromatic rings. The second-order valence-electron chi connectivity index (χ2n) is 12.2. The van der Waals surface area contributed by atoms with Crippen molar-refractivity contribution in [2.45, 2.75) is 68.2 Å². The van der Waals surface area contributed by atoms with Crippen LogP contribution in [0.2, 0.25) is 0 Å². The Kier molecular flexibility index (Phi) is 5.26. The summed E-state index contributed by atoms with van der Waals surface area (Å²) in [5.41, 5.74) is 7.49. The van der Waals surface area contributed by atoms with Crippen LogP contribution in [0.3, 0.4) is 0 Å². The van der Waals surface area contributed by atoms with Gasteiger partial charge in [-0.3, -0.25) is 4.79 Å². The Morgan fingerprint density at radius 3 is 2.21 bits per heavy atom. The van der Waals surface area contributed by atoms with Crippen LogP contribution in [-0.4, -0.2) is 81.6 Å². The van der Waals surface area contributed by atoms with Gasteiger partial charge in [0.2, 0.25) is 5.91 Å². The van der Waals surface area contributed by atoms with Crippen LogP contribution >= 0.6 is 0 Å². The third kappa shape index (κ3) is 4.10. The van der Waals surface area contributed by atoms with Gasteiger partial charge < -0.3 is 25.4 Å². The number of carbonyl (C=O) groups excluding carboxylic acids is 2. The molecular formula is C27H33F2N7O2. The number of H-pyrrole nitrogens is 1. The van der Waals surface area contributed by atoms with Crippen molar-refractivity contribution in [2.24, 2.45) is 11.1 Å². The number of amides is 3. The standard InChI is InChI=1S/C27H33F2N7O2/c28-27(29)7-8-36(21(11-27)22(30)37)20-5-3-16(4-6-20)19-12-34(13-19)25(38)35-14-26(15-35)9-18(10-26)24-31-23(32-33-24)17-1-2-17/h3-6,17-19,21H,1-2,7-15H2,(H2,30,37)(H,31,32,33). The quantitative estimate of drug-likeness (QED) is 0.623. The molecule has 0 bridgehead atoms. The number of benzene rings is 1. The Morgan fingerprint density at radius 2 is 1.58 bits per heavy atom. The third-order valence-electron chi connectivity index (χ3n) is 9.32. The molecule has 11 heteroatoms. The highest BCUT2D eigenvalue weighted by Crippen LogP contribution is 2.56. The topological polar surface area (TPSA) is 111 Å². The fourth-order valence-corrected chi connectivity index (χ4v) is 6.83. The van der Waals surface area contributed by atoms with Crippen LogP contribution in [0.4, 0.5) is 19.3 Å². The lowest BCUT2D eigenvalue weighted by molar-refractivity contribution is -0.123. The molecule has 1 atom stereocenters. The molecule has 3 N–H and O–H groups in total. The van der Waals surface area contributed by atoms with Crippen LogP contribution in [0.15, 0.2) is 24.3 Å². The number of likely N-dealkylation sites (tertiary alicyclic amines) is 2. The Labute approximate surface area is 219 Å². The molecular weight excluding hydrogens is 492 g/mol. The van der Waals surface area contributed by atoms with Gasteiger partial charge in [0, 0.05) is 74.4 Å². The third-order valence-corrected chi connectivity index (χ3v) is 9.32. The summed E-state index contributed by atoms with van der Waals surface area (Å²) in [6.07, 6.45) is 3.71. The minimum absolute atomic E-state index is 0.0869. The summed E-state index contributed by atoms with van der Waals surface area (Å²) < 4.78 is 27.6. The summed E-state index contributed by atoms with van der Waals surface area (Å²) in [7, 11) is 0. The van der Waals surface area contributed by atoms with Gasteiger partial charge in [-0.1, -0.05) is 12.1 Å². The number of aromatic nitrogens is 3. The monoisotopic (exact) mass is 525 g/mol. The molecule has 1 aromatic carbocycles. The van der Waals surface area contributed by atoms with Crippen LogP contribution in [0.5, 0.6) is 0 Å². The van der Waals surface area contributed by atoms with Crippen LogP contribution in [-0.2, 0) is 4.79 Å². The molecule has 1 unspecified atom stereocenters. The van der Waals surface area contributed by atoms with Gasteiger partial charge in [0.15, 0.2) is 0 Å². The molecule has 3 amide bonds. The van der Waals surface area contributed by atoms with E-state index in [1.165, 1.54) is 12.8 Å². The van der Waals surface area contributed by atoms with E-state index in [1.807, 2.05) is 34.1 Å². The van der Waals surface area contributed by atoms with Gasteiger partial charge in [-0.05, 0) is 43.4 Å². The first-order chi connectivity index (χ1) is 18.2. The van der Waals surface area contributed by atoms with Crippen molar-refractivity contribution in [2.75, 3.05) is 37.6 Å². The second-order valence-corrected chi connectivity index (χ2v) is 12.2. The molecule has 38 heavy (non-hydrogen) atoms. The van der Waals surface area contributed by atoms with E-state index in [9.17, 15) is 18.4 Å². The molecule has 202 valence electrons. The highest BCUT2D eigenvalue weighted by Gasteiger charge is 2.56. The summed E-state index contributed by atoms with van der Waals surface area (Å²) >= 11 is 0. The zero-order chi connectivity index (χ0) is 26.2. The molecule has 0 radical (unpaired) electrons. The van der Waals surface area contributed by atoms with E-state index < -0.39 is 24.3 Å². The van der Waals surface area contributed by atoms with Crippen molar-refractivity contribution in [1.82, 2.24) is 25.0 Å². The maximum absolute atomic E-state index is 13.8. The number of piperidine rings is 1. The first kappa shape index (κ1) is 23.8. The normalized spacial score (nSPS) is 26.6. The predicted molar refractivity (Wildman–Crippen MR) is 135 cm³/mol. The van der Waals surface area contributed by atoms with Gasteiger partial charge in [-0.15, -0.1) is 10.2 Å². The summed E-state index contributed by atoms with van der Waals surface area (Å²) in [6, 6.07) is 6.78. The van der Waals surface area contributed by atoms with Gasteiger partial charge in [0.25, 0.3) is 5.92 Å². The van der Waals surface area contributed by atoms with Crippen molar-refractivity contribution in [3.8, 4) is 0 Å². The predicted octanol–water partition coefficient (Wildman–Crippen LogP) is 3.17. The smallest absolute Gasteiger partial charge is 0.320 e. The van der Waals surface area contributed by atoms with E-state index in [1.54, 1.807) is 4.90 Å². The SMILES string of the molecule is NC(=O)C1CC(F)(F)CCN1c1ccc(C2CN(C(=O)N3CC4(CC(c5nnc(C6CC6)[nH]5)C4)C3)C2)cc1. The fourth-order valence-electron chi connectivity index (χ4n) is 6.83. The lowest BCUT2D eigenvalue weighted by atomic mass is 9.57. The van der Waals surface area contributed by atoms with Gasteiger partial charge >= 0.3 is 6.03 Å². The van der Waals surface area contributed by atoms with Gasteiger partial charge in [-0.2, -0.15) is 0 Å². The number of alkyl halides is 2. The highest BCUT2D eigenvalue weighted by molar-refractivity contribution is 5.84. The molecule has 1 aromatic heterocycles. The van der Waals surface area contributed by atoms with E-state index in [0.29, 0.717) is 24.9 Å².